The average molecular weight is 446 g/mol. The molecule has 1 saturated heterocycles. The van der Waals surface area contributed by atoms with Crippen LogP contribution >= 0.6 is 12.4 Å². The van der Waals surface area contributed by atoms with Crippen LogP contribution in [-0.4, -0.2) is 46.2 Å². The van der Waals surface area contributed by atoms with Gasteiger partial charge in [-0.25, -0.2) is 14.8 Å². The van der Waals surface area contributed by atoms with Crippen molar-refractivity contribution in [3.63, 3.8) is 0 Å². The van der Waals surface area contributed by atoms with E-state index in [1.165, 1.54) is 26.2 Å². The third-order valence-electron chi connectivity index (χ3n) is 5.93. The molecule has 1 aromatic heterocycles. The van der Waals surface area contributed by atoms with E-state index in [-0.39, 0.29) is 30.4 Å². The molecular formula is C22H28ClN5O3. The van der Waals surface area contributed by atoms with Crippen LogP contribution in [0.25, 0.3) is 11.1 Å². The summed E-state index contributed by atoms with van der Waals surface area (Å²) in [4.78, 5) is 36.6. The highest BCUT2D eigenvalue weighted by Gasteiger charge is 2.33. The number of benzene rings is 1. The quantitative estimate of drug-likeness (QED) is 0.740. The van der Waals surface area contributed by atoms with E-state index in [0.717, 1.165) is 41.4 Å². The monoisotopic (exact) mass is 445 g/mol. The van der Waals surface area contributed by atoms with Crippen molar-refractivity contribution in [1.82, 2.24) is 15.3 Å². The fourth-order valence-corrected chi connectivity index (χ4v) is 4.54. The van der Waals surface area contributed by atoms with E-state index in [9.17, 15) is 14.7 Å². The fraction of sp³-hybridized carbons (Fsp3) is 0.455. The molecule has 4 rings (SSSR count). The summed E-state index contributed by atoms with van der Waals surface area (Å²) in [5.41, 5.74) is 3.30. The molecule has 2 aliphatic rings. The van der Waals surface area contributed by atoms with Crippen molar-refractivity contribution >= 4 is 36.0 Å². The molecule has 8 nitrogen and oxygen atoms in total. The van der Waals surface area contributed by atoms with Gasteiger partial charge in [0.05, 0.1) is 6.04 Å². The van der Waals surface area contributed by atoms with Gasteiger partial charge in [-0.05, 0) is 55.9 Å². The number of halogens is 1. The topological polar surface area (TPSA) is 98.7 Å². The van der Waals surface area contributed by atoms with Crippen LogP contribution in [0.15, 0.2) is 30.6 Å². The third kappa shape index (κ3) is 4.74. The van der Waals surface area contributed by atoms with E-state index in [2.05, 4.69) is 20.2 Å². The maximum absolute atomic E-state index is 12.2. The molecular weight excluding hydrogens is 418 g/mol. The van der Waals surface area contributed by atoms with Crippen molar-refractivity contribution in [2.24, 2.45) is 0 Å². The lowest BCUT2D eigenvalue weighted by Crippen LogP contribution is -2.45. The highest BCUT2D eigenvalue weighted by atomic mass is 35.5. The number of nitrogens with one attached hydrogen (secondary N) is 1. The van der Waals surface area contributed by atoms with Crippen LogP contribution in [0.5, 0.6) is 0 Å². The zero-order chi connectivity index (χ0) is 21.3. The Morgan fingerprint density at radius 2 is 1.77 bits per heavy atom. The molecule has 0 bridgehead atoms. The van der Waals surface area contributed by atoms with Crippen molar-refractivity contribution in [1.29, 1.82) is 0 Å². The number of nitrogens with zero attached hydrogens (tertiary/aromatic N) is 4. The zero-order valence-corrected chi connectivity index (χ0v) is 18.6. The first-order chi connectivity index (χ1) is 14.4. The second kappa shape index (κ2) is 9.51. The average Bonchev–Trinajstić information content (AvgIpc) is 2.73. The first-order valence-electron chi connectivity index (χ1n) is 10.4. The van der Waals surface area contributed by atoms with Gasteiger partial charge in [0.1, 0.15) is 0 Å². The first-order valence-corrected chi connectivity index (χ1v) is 10.4. The van der Waals surface area contributed by atoms with Gasteiger partial charge < -0.3 is 20.2 Å². The summed E-state index contributed by atoms with van der Waals surface area (Å²) >= 11 is 0. The number of fused-ring (bicyclic) bond motifs is 1. The van der Waals surface area contributed by atoms with E-state index in [0.29, 0.717) is 6.42 Å². The molecule has 31 heavy (non-hydrogen) atoms. The summed E-state index contributed by atoms with van der Waals surface area (Å²) in [5.74, 6) is 0.693. The summed E-state index contributed by atoms with van der Waals surface area (Å²) in [6, 6.07) is 5.29. The molecule has 2 N–H and O–H groups in total. The van der Waals surface area contributed by atoms with E-state index in [1.807, 2.05) is 37.5 Å². The maximum Gasteiger partial charge on any atom is 0.405 e. The molecule has 0 aliphatic carbocycles. The minimum Gasteiger partial charge on any atom is -0.465 e. The number of anilines is 2. The van der Waals surface area contributed by atoms with Crippen LogP contribution in [-0.2, 0) is 4.79 Å². The summed E-state index contributed by atoms with van der Waals surface area (Å²) in [6.45, 7) is 5.44. The molecule has 1 fully saturated rings. The van der Waals surface area contributed by atoms with Gasteiger partial charge in [-0.2, -0.15) is 0 Å². The number of carboxylic acid groups (broad SMARTS) is 1. The van der Waals surface area contributed by atoms with E-state index in [4.69, 9.17) is 0 Å². The Hall–Kier alpha value is -2.87. The summed E-state index contributed by atoms with van der Waals surface area (Å²) in [6.07, 6.45) is 6.66. The van der Waals surface area contributed by atoms with Gasteiger partial charge in [0, 0.05) is 49.7 Å². The van der Waals surface area contributed by atoms with Crippen LogP contribution in [0.1, 0.15) is 51.1 Å². The Morgan fingerprint density at radius 1 is 1.10 bits per heavy atom. The van der Waals surface area contributed by atoms with E-state index >= 15 is 0 Å². The highest BCUT2D eigenvalue weighted by Crippen LogP contribution is 2.39. The van der Waals surface area contributed by atoms with Gasteiger partial charge in [-0.15, -0.1) is 12.4 Å². The van der Waals surface area contributed by atoms with Crippen LogP contribution in [0.3, 0.4) is 0 Å². The summed E-state index contributed by atoms with van der Waals surface area (Å²) in [7, 11) is 0. The van der Waals surface area contributed by atoms with E-state index < -0.39 is 6.09 Å². The predicted octanol–water partition coefficient (Wildman–Crippen LogP) is 4.01. The standard InChI is InChI=1S/C22H27N5O3.ClH/c1-14-10-19(25-22(29)30)18-11-16(6-7-20(18)27(14)15(2)28)17-12-23-21(24-13-17)26-8-4-3-5-9-26;/h6-7,11-14,19,25H,3-5,8-10H2,1-2H3,(H,29,30);1H. The Bertz CT molecular complexity index is 947. The molecule has 1 aromatic carbocycles. The molecule has 2 unspecified atom stereocenters. The number of aromatic nitrogens is 2. The fourth-order valence-electron chi connectivity index (χ4n) is 4.54. The lowest BCUT2D eigenvalue weighted by molar-refractivity contribution is -0.117. The number of hydrogen-bond acceptors (Lipinski definition) is 5. The number of rotatable bonds is 3. The second-order valence-corrected chi connectivity index (χ2v) is 8.07. The molecule has 2 aromatic rings. The molecule has 0 radical (unpaired) electrons. The second-order valence-electron chi connectivity index (χ2n) is 8.07. The molecule has 2 aliphatic heterocycles. The Balaban J connectivity index is 0.00000272. The van der Waals surface area contributed by atoms with Crippen LogP contribution in [0, 0.1) is 0 Å². The molecule has 2 amide bonds. The third-order valence-corrected chi connectivity index (χ3v) is 5.93. The molecule has 0 spiro atoms. The summed E-state index contributed by atoms with van der Waals surface area (Å²) in [5, 5.41) is 11.9. The summed E-state index contributed by atoms with van der Waals surface area (Å²) < 4.78 is 0. The van der Waals surface area contributed by atoms with Gasteiger partial charge in [0.2, 0.25) is 11.9 Å². The van der Waals surface area contributed by atoms with Crippen LogP contribution < -0.4 is 15.1 Å². The number of carbonyl (C=O) groups is 2. The predicted molar refractivity (Wildman–Crippen MR) is 122 cm³/mol. The Kier molecular flexibility index (Phi) is 7.00. The molecule has 3 heterocycles. The van der Waals surface area contributed by atoms with Crippen molar-refractivity contribution in [3.05, 3.63) is 36.2 Å². The lowest BCUT2D eigenvalue weighted by atomic mass is 9.89. The SMILES string of the molecule is CC(=O)N1c2ccc(-c3cnc(N4CCCCC4)nc3)cc2C(NC(=O)O)CC1C.Cl. The van der Waals surface area contributed by atoms with Gasteiger partial charge in [0.25, 0.3) is 0 Å². The normalized spacial score (nSPS) is 20.5. The van der Waals surface area contributed by atoms with Gasteiger partial charge in [-0.1, -0.05) is 6.07 Å². The molecule has 0 saturated carbocycles. The number of hydrogen-bond donors (Lipinski definition) is 2. The van der Waals surface area contributed by atoms with Crippen LogP contribution in [0.4, 0.5) is 16.4 Å². The number of piperidine rings is 1. The molecule has 9 heteroatoms. The Morgan fingerprint density at radius 3 is 2.39 bits per heavy atom. The van der Waals surface area contributed by atoms with Crippen molar-refractivity contribution in [2.45, 2.75) is 51.6 Å². The van der Waals surface area contributed by atoms with Crippen molar-refractivity contribution in [2.75, 3.05) is 22.9 Å². The molecule has 2 atom stereocenters. The lowest BCUT2D eigenvalue weighted by Gasteiger charge is -2.39. The van der Waals surface area contributed by atoms with Crippen molar-refractivity contribution in [3.8, 4) is 11.1 Å². The Labute approximate surface area is 188 Å². The smallest absolute Gasteiger partial charge is 0.405 e. The van der Waals surface area contributed by atoms with Crippen LogP contribution in [0.2, 0.25) is 0 Å². The minimum atomic E-state index is -1.07. The number of amides is 2. The number of carbonyl (C=O) groups excluding carboxylic acids is 1. The largest absolute Gasteiger partial charge is 0.465 e. The zero-order valence-electron chi connectivity index (χ0n) is 17.7. The minimum absolute atomic E-state index is 0. The van der Waals surface area contributed by atoms with Gasteiger partial charge in [-0.3, -0.25) is 4.79 Å². The van der Waals surface area contributed by atoms with Gasteiger partial charge in [0.15, 0.2) is 0 Å². The van der Waals surface area contributed by atoms with E-state index in [1.54, 1.807) is 4.90 Å². The maximum atomic E-state index is 12.2. The highest BCUT2D eigenvalue weighted by molar-refractivity contribution is 5.94. The van der Waals surface area contributed by atoms with Crippen molar-refractivity contribution < 1.29 is 14.7 Å². The van der Waals surface area contributed by atoms with Gasteiger partial charge >= 0.3 is 6.09 Å². The first kappa shape index (κ1) is 22.8. The molecule has 166 valence electrons.